The lowest BCUT2D eigenvalue weighted by Crippen LogP contribution is -2.42. The van der Waals surface area contributed by atoms with E-state index in [1.807, 2.05) is 18.2 Å². The molecule has 2 N–H and O–H groups in total. The summed E-state index contributed by atoms with van der Waals surface area (Å²) in [6.07, 6.45) is 3.54. The Bertz CT molecular complexity index is 1430. The van der Waals surface area contributed by atoms with Crippen molar-refractivity contribution in [3.8, 4) is 5.75 Å². The van der Waals surface area contributed by atoms with Gasteiger partial charge in [-0.1, -0.05) is 17.7 Å². The summed E-state index contributed by atoms with van der Waals surface area (Å²) in [6.45, 7) is 4.66. The van der Waals surface area contributed by atoms with E-state index in [4.69, 9.17) is 21.3 Å². The number of anilines is 1. The minimum atomic E-state index is -0.776. The normalized spacial score (nSPS) is 14.5. The number of carboxylic acids is 1. The van der Waals surface area contributed by atoms with Crippen LogP contribution in [0.25, 0.3) is 10.9 Å². The molecule has 0 saturated carbocycles. The van der Waals surface area contributed by atoms with Crippen LogP contribution in [0.1, 0.15) is 37.9 Å². The topological polar surface area (TPSA) is 127 Å². The van der Waals surface area contributed by atoms with Crippen LogP contribution in [-0.4, -0.2) is 58.3 Å². The lowest BCUT2D eigenvalue weighted by atomic mass is 9.74. The first kappa shape index (κ1) is 27.4. The fourth-order valence-electron chi connectivity index (χ4n) is 4.77. The Labute approximate surface area is 225 Å². The smallest absolute Gasteiger partial charge is 0.309 e. The van der Waals surface area contributed by atoms with Crippen LogP contribution in [0.5, 0.6) is 5.75 Å². The lowest BCUT2D eigenvalue weighted by molar-refractivity contribution is -0.150. The highest BCUT2D eigenvalue weighted by Crippen LogP contribution is 2.36. The summed E-state index contributed by atoms with van der Waals surface area (Å²) < 4.78 is 6.94. The van der Waals surface area contributed by atoms with E-state index < -0.39 is 11.4 Å². The second-order valence-electron chi connectivity index (χ2n) is 10.2. The summed E-state index contributed by atoms with van der Waals surface area (Å²) in [7, 11) is 3.16. The minimum Gasteiger partial charge on any atom is -0.481 e. The van der Waals surface area contributed by atoms with E-state index in [0.29, 0.717) is 36.2 Å². The summed E-state index contributed by atoms with van der Waals surface area (Å²) >= 11 is 6.46. The van der Waals surface area contributed by atoms with Crippen molar-refractivity contribution in [1.29, 1.82) is 0 Å². The summed E-state index contributed by atoms with van der Waals surface area (Å²) in [5, 5.41) is 13.3. The number of carbonyl (C=O) groups excluding carboxylic acids is 1. The van der Waals surface area contributed by atoms with Gasteiger partial charge in [-0.2, -0.15) is 0 Å². The molecule has 1 amide bonds. The summed E-state index contributed by atoms with van der Waals surface area (Å²) in [6, 6.07) is 7.36. The molecule has 0 spiro atoms. The molecule has 1 saturated heterocycles. The quantitative estimate of drug-likeness (QED) is 0.445. The molecule has 38 heavy (non-hydrogen) atoms. The Morgan fingerprint density at radius 3 is 2.61 bits per heavy atom. The number of aryl methyl sites for hydroxylation is 1. The summed E-state index contributed by atoms with van der Waals surface area (Å²) in [5.41, 5.74) is 1.23. The Morgan fingerprint density at radius 2 is 1.95 bits per heavy atom. The number of hydrogen-bond donors (Lipinski definition) is 2. The number of benzene rings is 1. The number of carboxylic acid groups (broad SMARTS) is 1. The van der Waals surface area contributed by atoms with Gasteiger partial charge in [0.2, 0.25) is 5.95 Å². The number of fused-ring (bicyclic) bond motifs is 1. The van der Waals surface area contributed by atoms with Gasteiger partial charge in [0, 0.05) is 39.0 Å². The van der Waals surface area contributed by atoms with Gasteiger partial charge in [-0.15, -0.1) is 0 Å². The van der Waals surface area contributed by atoms with Gasteiger partial charge in [-0.05, 0) is 56.4 Å². The molecule has 0 radical (unpaired) electrons. The SMILES string of the molecule is CNC(=O)COc1cc2cc(Cc3nc(N4CCC(C(C)(C)C(=O)O)CC4)ncc3Cl)ccc2n(C)c1=O. The fraction of sp³-hybridized carbons (Fsp3) is 0.444. The number of aromatic nitrogens is 3. The molecule has 3 aromatic rings. The maximum absolute atomic E-state index is 12.6. The molecule has 1 aliphatic heterocycles. The van der Waals surface area contributed by atoms with Crippen molar-refractivity contribution in [2.24, 2.45) is 18.4 Å². The predicted octanol–water partition coefficient (Wildman–Crippen LogP) is 3.02. The third kappa shape index (κ3) is 5.60. The van der Waals surface area contributed by atoms with Crippen LogP contribution in [0.4, 0.5) is 5.95 Å². The number of nitrogens with one attached hydrogen (secondary N) is 1. The van der Waals surface area contributed by atoms with Crippen molar-refractivity contribution in [2.75, 3.05) is 31.6 Å². The number of nitrogens with zero attached hydrogens (tertiary/aromatic N) is 4. The molecule has 1 aliphatic rings. The van der Waals surface area contributed by atoms with Crippen molar-refractivity contribution in [1.82, 2.24) is 19.9 Å². The molecule has 4 rings (SSSR count). The Hall–Kier alpha value is -3.66. The number of rotatable bonds is 8. The molecule has 0 aliphatic carbocycles. The average Bonchev–Trinajstić information content (AvgIpc) is 2.90. The number of pyridine rings is 1. The minimum absolute atomic E-state index is 0.0850. The number of aliphatic carboxylic acids is 1. The van der Waals surface area contributed by atoms with Gasteiger partial charge in [-0.25, -0.2) is 9.97 Å². The van der Waals surface area contributed by atoms with Crippen molar-refractivity contribution in [3.63, 3.8) is 0 Å². The molecule has 1 aromatic carbocycles. The lowest BCUT2D eigenvalue weighted by Gasteiger charge is -2.38. The molecule has 202 valence electrons. The first-order chi connectivity index (χ1) is 18.0. The molecule has 11 heteroatoms. The number of ether oxygens (including phenoxy) is 1. The maximum Gasteiger partial charge on any atom is 0.309 e. The largest absolute Gasteiger partial charge is 0.481 e. The molecule has 3 heterocycles. The van der Waals surface area contributed by atoms with Crippen LogP contribution >= 0.6 is 11.6 Å². The van der Waals surface area contributed by atoms with Crippen LogP contribution in [0.15, 0.2) is 35.3 Å². The van der Waals surface area contributed by atoms with E-state index in [9.17, 15) is 19.5 Å². The van der Waals surface area contributed by atoms with E-state index in [1.54, 1.807) is 33.2 Å². The maximum atomic E-state index is 12.6. The molecule has 0 bridgehead atoms. The van der Waals surface area contributed by atoms with Gasteiger partial charge in [-0.3, -0.25) is 14.4 Å². The van der Waals surface area contributed by atoms with Crippen molar-refractivity contribution >= 4 is 40.3 Å². The highest BCUT2D eigenvalue weighted by atomic mass is 35.5. The van der Waals surface area contributed by atoms with E-state index in [-0.39, 0.29) is 29.7 Å². The second kappa shape index (κ2) is 11.0. The first-order valence-corrected chi connectivity index (χ1v) is 12.8. The number of likely N-dealkylation sites (N-methyl/N-ethyl adjacent to an activating group) is 1. The number of hydrogen-bond acceptors (Lipinski definition) is 7. The van der Waals surface area contributed by atoms with Crippen molar-refractivity contribution < 1.29 is 19.4 Å². The van der Waals surface area contributed by atoms with E-state index in [2.05, 4.69) is 15.2 Å². The van der Waals surface area contributed by atoms with Crippen LogP contribution in [0.3, 0.4) is 0 Å². The summed E-state index contributed by atoms with van der Waals surface area (Å²) in [5.74, 6) is -0.352. The zero-order chi connectivity index (χ0) is 27.6. The second-order valence-corrected chi connectivity index (χ2v) is 10.6. The highest BCUT2D eigenvalue weighted by molar-refractivity contribution is 6.31. The number of piperidine rings is 1. The first-order valence-electron chi connectivity index (χ1n) is 12.5. The predicted molar refractivity (Wildman–Crippen MR) is 145 cm³/mol. The standard InChI is InChI=1S/C27H32ClN5O5/c1-27(2,25(36)37)18-7-9-33(10-8-18)26-30-14-19(28)20(31-26)12-16-5-6-21-17(11-16)13-22(24(35)32(21)4)38-15-23(34)29-3/h5-6,11,13-14,18H,7-10,12,15H2,1-4H3,(H,29,34)(H,36,37). The third-order valence-electron chi connectivity index (χ3n) is 7.42. The molecule has 1 fully saturated rings. The molecule has 2 aromatic heterocycles. The van der Waals surface area contributed by atoms with Gasteiger partial charge < -0.3 is 24.6 Å². The van der Waals surface area contributed by atoms with Crippen LogP contribution in [0, 0.1) is 11.3 Å². The molecular weight excluding hydrogens is 510 g/mol. The number of carbonyl (C=O) groups is 2. The van der Waals surface area contributed by atoms with E-state index in [1.165, 1.54) is 11.6 Å². The van der Waals surface area contributed by atoms with Gasteiger partial charge in [0.05, 0.1) is 27.8 Å². The Balaban J connectivity index is 1.54. The van der Waals surface area contributed by atoms with Crippen molar-refractivity contribution in [3.05, 3.63) is 57.1 Å². The molecular formula is C27H32ClN5O5. The molecule has 0 atom stereocenters. The van der Waals surface area contributed by atoms with Crippen LogP contribution < -0.4 is 20.5 Å². The zero-order valence-electron chi connectivity index (χ0n) is 22.0. The number of halogens is 1. The van der Waals surface area contributed by atoms with Gasteiger partial charge in [0.1, 0.15) is 0 Å². The third-order valence-corrected chi connectivity index (χ3v) is 7.73. The Morgan fingerprint density at radius 1 is 1.24 bits per heavy atom. The average molecular weight is 542 g/mol. The molecule has 0 unspecified atom stereocenters. The number of amides is 1. The monoisotopic (exact) mass is 541 g/mol. The zero-order valence-corrected chi connectivity index (χ0v) is 22.7. The molecule has 10 nitrogen and oxygen atoms in total. The fourth-order valence-corrected chi connectivity index (χ4v) is 4.93. The van der Waals surface area contributed by atoms with E-state index >= 15 is 0 Å². The Kier molecular flexibility index (Phi) is 7.91. The summed E-state index contributed by atoms with van der Waals surface area (Å²) in [4.78, 5) is 47.1. The van der Waals surface area contributed by atoms with Gasteiger partial charge in [0.15, 0.2) is 12.4 Å². The van der Waals surface area contributed by atoms with Crippen LogP contribution in [-0.2, 0) is 23.1 Å². The highest BCUT2D eigenvalue weighted by Gasteiger charge is 2.38. The van der Waals surface area contributed by atoms with Crippen molar-refractivity contribution in [2.45, 2.75) is 33.1 Å². The van der Waals surface area contributed by atoms with Gasteiger partial charge in [0.25, 0.3) is 11.5 Å². The van der Waals surface area contributed by atoms with Gasteiger partial charge >= 0.3 is 5.97 Å². The van der Waals surface area contributed by atoms with Crippen LogP contribution in [0.2, 0.25) is 5.02 Å². The van der Waals surface area contributed by atoms with E-state index in [0.717, 1.165) is 29.3 Å².